The molecule has 0 spiro atoms. The van der Waals surface area contributed by atoms with Crippen molar-refractivity contribution < 1.29 is 4.74 Å². The first-order valence-electron chi connectivity index (χ1n) is 3.60. The highest BCUT2D eigenvalue weighted by atomic mass is 32.1. The minimum Gasteiger partial charge on any atom is -0.386 e. The summed E-state index contributed by atoms with van der Waals surface area (Å²) in [6.07, 6.45) is 2.34. The zero-order valence-corrected chi connectivity index (χ0v) is 8.41. The predicted molar refractivity (Wildman–Crippen MR) is 48.3 cm³/mol. The average Bonchev–Trinajstić information content (AvgIpc) is 1.89. The van der Waals surface area contributed by atoms with Crippen molar-refractivity contribution in [2.24, 2.45) is 0 Å². The molecule has 0 saturated heterocycles. The Bertz CT molecular complexity index is 46.3. The van der Waals surface area contributed by atoms with Crippen molar-refractivity contribution in [2.75, 3.05) is 18.6 Å². The lowest BCUT2D eigenvalue weighted by Gasteiger charge is -1.97. The van der Waals surface area contributed by atoms with E-state index < -0.39 is 0 Å². The zero-order valence-electron chi connectivity index (χ0n) is 6.10. The molecule has 0 saturated carbocycles. The Labute approximate surface area is 65.4 Å². The first kappa shape index (κ1) is 9.53. The molecule has 0 amide bonds. The van der Waals surface area contributed by atoms with Crippen LogP contribution in [0.4, 0.5) is 0 Å². The Morgan fingerprint density at radius 1 is 1.56 bits per heavy atom. The molecule has 0 N–H and O–H groups in total. The maximum atomic E-state index is 5.22. The number of rotatable bonds is 6. The Hall–Kier alpha value is 0.527. The van der Waals surface area contributed by atoms with E-state index in [-0.39, 0.29) is 9.52 Å². The van der Waals surface area contributed by atoms with Crippen molar-refractivity contribution in [3.8, 4) is 0 Å². The Kier molecular flexibility index (Phi) is 9.03. The molecule has 1 nitrogen and oxygen atoms in total. The molecule has 0 aliphatic carbocycles. The van der Waals surface area contributed by atoms with Crippen LogP contribution >= 0.6 is 12.6 Å². The van der Waals surface area contributed by atoms with Gasteiger partial charge in [0, 0.05) is 12.8 Å². The summed E-state index contributed by atoms with van der Waals surface area (Å²) in [5.74, 6) is 1.04. The summed E-state index contributed by atoms with van der Waals surface area (Å²) in [5, 5.41) is 0. The maximum Gasteiger partial charge on any atom is 0.0516 e. The van der Waals surface area contributed by atoms with E-state index >= 15 is 0 Å². The van der Waals surface area contributed by atoms with Gasteiger partial charge in [0.2, 0.25) is 0 Å². The molecule has 0 aromatic rings. The van der Waals surface area contributed by atoms with Crippen LogP contribution in [-0.2, 0) is 4.74 Å². The topological polar surface area (TPSA) is 9.23 Å². The summed E-state index contributed by atoms with van der Waals surface area (Å²) in [4.78, 5) is 0. The molecule has 9 heavy (non-hydrogen) atoms. The molecular formula is C6H16OSSi. The lowest BCUT2D eigenvalue weighted by atomic mass is 10.6. The molecule has 0 aliphatic heterocycles. The highest BCUT2D eigenvalue weighted by Crippen LogP contribution is 1.90. The molecule has 0 heterocycles. The van der Waals surface area contributed by atoms with Gasteiger partial charge in [0.15, 0.2) is 0 Å². The quantitative estimate of drug-likeness (QED) is 0.348. The fourth-order valence-electron chi connectivity index (χ4n) is 0.637. The first-order chi connectivity index (χ1) is 4.41. The second kappa shape index (κ2) is 8.53. The molecular weight excluding hydrogens is 148 g/mol. The van der Waals surface area contributed by atoms with Gasteiger partial charge >= 0.3 is 0 Å². The van der Waals surface area contributed by atoms with Gasteiger partial charge in [-0.1, -0.05) is 6.04 Å². The van der Waals surface area contributed by atoms with Gasteiger partial charge in [0.25, 0.3) is 0 Å². The van der Waals surface area contributed by atoms with Gasteiger partial charge in [0.1, 0.15) is 0 Å². The highest BCUT2D eigenvalue weighted by Gasteiger charge is 1.86. The summed E-state index contributed by atoms with van der Waals surface area (Å²) in [5.41, 5.74) is 0. The van der Waals surface area contributed by atoms with Gasteiger partial charge in [-0.05, 0) is 19.1 Å². The minimum absolute atomic E-state index is 0.118. The van der Waals surface area contributed by atoms with Crippen LogP contribution in [0, 0.1) is 0 Å². The molecule has 0 bridgehead atoms. The molecule has 0 radical (unpaired) electrons. The van der Waals surface area contributed by atoms with Crippen molar-refractivity contribution in [3.05, 3.63) is 0 Å². The smallest absolute Gasteiger partial charge is 0.0516 e. The summed E-state index contributed by atoms with van der Waals surface area (Å²) in [6.45, 7) is 2.93. The zero-order chi connectivity index (χ0) is 6.95. The van der Waals surface area contributed by atoms with E-state index in [9.17, 15) is 0 Å². The number of thiol groups is 1. The summed E-state index contributed by atoms with van der Waals surface area (Å²) in [7, 11) is 0.118. The normalized spacial score (nSPS) is 11.3. The molecule has 0 unspecified atom stereocenters. The van der Waals surface area contributed by atoms with Crippen LogP contribution in [0.15, 0.2) is 0 Å². The summed E-state index contributed by atoms with van der Waals surface area (Å²) >= 11 is 4.13. The molecule has 0 atom stereocenters. The molecule has 0 fully saturated rings. The largest absolute Gasteiger partial charge is 0.386 e. The number of hydrogen-bond donors (Lipinski definition) is 1. The fraction of sp³-hybridized carbons (Fsp3) is 1.00. The fourth-order valence-corrected chi connectivity index (χ4v) is 2.58. The van der Waals surface area contributed by atoms with Crippen LogP contribution in [0.25, 0.3) is 0 Å². The van der Waals surface area contributed by atoms with Crippen molar-refractivity contribution in [1.29, 1.82) is 0 Å². The van der Waals surface area contributed by atoms with Gasteiger partial charge in [-0.3, -0.25) is 0 Å². The Balaban J connectivity index is 2.60. The molecule has 56 valence electrons. The van der Waals surface area contributed by atoms with Crippen LogP contribution in [0.3, 0.4) is 0 Å². The number of hydrogen-bond acceptors (Lipinski definition) is 2. The van der Waals surface area contributed by atoms with Crippen LogP contribution in [0.1, 0.15) is 13.3 Å². The third kappa shape index (κ3) is 8.53. The van der Waals surface area contributed by atoms with E-state index in [1.165, 1.54) is 12.5 Å². The van der Waals surface area contributed by atoms with Crippen molar-refractivity contribution in [1.82, 2.24) is 0 Å². The lowest BCUT2D eigenvalue weighted by Crippen LogP contribution is -2.02. The van der Waals surface area contributed by atoms with Crippen molar-refractivity contribution in [3.63, 3.8) is 0 Å². The van der Waals surface area contributed by atoms with Crippen LogP contribution in [0.2, 0.25) is 6.04 Å². The van der Waals surface area contributed by atoms with Crippen molar-refractivity contribution >= 4 is 22.1 Å². The predicted octanol–water partition coefficient (Wildman–Crippen LogP) is 0.887. The summed E-state index contributed by atoms with van der Waals surface area (Å²) < 4.78 is 5.22. The Morgan fingerprint density at radius 2 is 2.33 bits per heavy atom. The minimum atomic E-state index is 0.118. The third-order valence-corrected chi connectivity index (χ3v) is 3.04. The van der Waals surface area contributed by atoms with Gasteiger partial charge in [0.05, 0.1) is 9.52 Å². The van der Waals surface area contributed by atoms with Gasteiger partial charge < -0.3 is 4.74 Å². The standard InChI is InChI=1S/C6H16OSSi/c1-2-7-6-9-5-3-4-8/h8H,2-6,9H2,1H3. The van der Waals surface area contributed by atoms with E-state index in [4.69, 9.17) is 4.74 Å². The first-order valence-corrected chi connectivity index (χ1v) is 6.23. The van der Waals surface area contributed by atoms with Gasteiger partial charge in [-0.25, -0.2) is 0 Å². The molecule has 0 aromatic heterocycles. The van der Waals surface area contributed by atoms with Crippen molar-refractivity contribution in [2.45, 2.75) is 19.4 Å². The number of ether oxygens (including phenoxy) is 1. The molecule has 0 rings (SSSR count). The van der Waals surface area contributed by atoms with Crippen LogP contribution in [-0.4, -0.2) is 28.1 Å². The van der Waals surface area contributed by atoms with Gasteiger partial charge in [-0.2, -0.15) is 12.6 Å². The SMILES string of the molecule is CCOC[SiH2]CCCS. The Morgan fingerprint density at radius 3 is 2.89 bits per heavy atom. The molecule has 0 aliphatic rings. The van der Waals surface area contributed by atoms with E-state index in [0.717, 1.165) is 18.6 Å². The summed E-state index contributed by atoms with van der Waals surface area (Å²) in [6, 6.07) is 1.39. The van der Waals surface area contributed by atoms with E-state index in [2.05, 4.69) is 12.6 Å². The van der Waals surface area contributed by atoms with Crippen LogP contribution in [0.5, 0.6) is 0 Å². The highest BCUT2D eigenvalue weighted by molar-refractivity contribution is 7.80. The molecule has 3 heteroatoms. The molecule has 0 aromatic carbocycles. The second-order valence-corrected chi connectivity index (χ2v) is 4.25. The average molecular weight is 164 g/mol. The monoisotopic (exact) mass is 164 g/mol. The lowest BCUT2D eigenvalue weighted by molar-refractivity contribution is 0.192. The second-order valence-electron chi connectivity index (χ2n) is 1.98. The maximum absolute atomic E-state index is 5.22. The third-order valence-electron chi connectivity index (χ3n) is 1.15. The van der Waals surface area contributed by atoms with E-state index in [1.54, 1.807) is 0 Å². The van der Waals surface area contributed by atoms with Crippen LogP contribution < -0.4 is 0 Å². The van der Waals surface area contributed by atoms with E-state index in [1.807, 2.05) is 6.92 Å². The van der Waals surface area contributed by atoms with E-state index in [0.29, 0.717) is 0 Å². The van der Waals surface area contributed by atoms with Gasteiger partial charge in [-0.15, -0.1) is 0 Å².